The molecule has 0 amide bonds. The minimum Gasteiger partial charge on any atom is -0.396 e. The number of benzene rings is 1. The summed E-state index contributed by atoms with van der Waals surface area (Å²) < 4.78 is 39.1. The normalized spacial score (nSPS) is 11.7. The van der Waals surface area contributed by atoms with Gasteiger partial charge in [0.1, 0.15) is 11.6 Å². The molecule has 7 heteroatoms. The molecule has 0 atom stereocenters. The first-order valence-corrected chi connectivity index (χ1v) is 7.29. The molecule has 0 bridgehead atoms. The molecule has 0 radical (unpaired) electrons. The molecule has 1 aromatic carbocycles. The smallest absolute Gasteiger partial charge is 0.178 e. The number of aromatic nitrogens is 2. The predicted molar refractivity (Wildman–Crippen MR) is 69.8 cm³/mol. The summed E-state index contributed by atoms with van der Waals surface area (Å²) in [6.07, 6.45) is 3.62. The van der Waals surface area contributed by atoms with Crippen LogP contribution in [0.1, 0.15) is 5.82 Å². The molecule has 0 unspecified atom stereocenters. The first kappa shape index (κ1) is 13.5. The number of hydrogen-bond donors (Lipinski definition) is 1. The lowest BCUT2D eigenvalue weighted by molar-refractivity contribution is 0.589. The van der Waals surface area contributed by atoms with Gasteiger partial charge in [-0.15, -0.1) is 0 Å². The molecule has 0 saturated heterocycles. The highest BCUT2D eigenvalue weighted by atomic mass is 32.2. The number of aryl methyl sites for hydroxylation is 2. The number of imidazole rings is 1. The number of nitrogen functional groups attached to an aromatic ring is 1. The molecular formula is C12H14FN3O2S. The van der Waals surface area contributed by atoms with Crippen LogP contribution in [-0.2, 0) is 23.3 Å². The maximum atomic E-state index is 13.3. The van der Waals surface area contributed by atoms with Gasteiger partial charge < -0.3 is 10.3 Å². The van der Waals surface area contributed by atoms with E-state index in [1.807, 2.05) is 0 Å². The van der Waals surface area contributed by atoms with Crippen molar-refractivity contribution in [2.45, 2.75) is 11.3 Å². The van der Waals surface area contributed by atoms with Crippen molar-refractivity contribution in [2.24, 2.45) is 7.05 Å². The summed E-state index contributed by atoms with van der Waals surface area (Å²) in [5.74, 6) is -0.182. The monoisotopic (exact) mass is 283 g/mol. The Bertz CT molecular complexity index is 695. The Morgan fingerprint density at radius 2 is 2.16 bits per heavy atom. The van der Waals surface area contributed by atoms with Crippen molar-refractivity contribution in [3.05, 3.63) is 42.2 Å². The van der Waals surface area contributed by atoms with Crippen molar-refractivity contribution in [1.82, 2.24) is 9.55 Å². The summed E-state index contributed by atoms with van der Waals surface area (Å²) in [5.41, 5.74) is 5.25. The maximum Gasteiger partial charge on any atom is 0.178 e. The van der Waals surface area contributed by atoms with Gasteiger partial charge in [0.25, 0.3) is 0 Å². The largest absolute Gasteiger partial charge is 0.396 e. The first-order chi connectivity index (χ1) is 8.90. The molecule has 0 fully saturated rings. The Morgan fingerprint density at radius 3 is 2.74 bits per heavy atom. The van der Waals surface area contributed by atoms with Gasteiger partial charge in [-0.2, -0.15) is 0 Å². The number of halogens is 1. The molecule has 1 aromatic heterocycles. The van der Waals surface area contributed by atoms with Crippen LogP contribution in [0.5, 0.6) is 0 Å². The number of nitrogens with two attached hydrogens (primary N) is 1. The van der Waals surface area contributed by atoms with Crippen LogP contribution in [0.25, 0.3) is 0 Å². The van der Waals surface area contributed by atoms with Crippen LogP contribution in [0, 0.1) is 5.82 Å². The average molecular weight is 283 g/mol. The molecule has 0 aliphatic carbocycles. The van der Waals surface area contributed by atoms with Gasteiger partial charge in [-0.05, 0) is 18.2 Å². The van der Waals surface area contributed by atoms with Gasteiger partial charge in [-0.1, -0.05) is 0 Å². The Labute approximate surface area is 110 Å². The fraction of sp³-hybridized carbons (Fsp3) is 0.250. The molecule has 102 valence electrons. The van der Waals surface area contributed by atoms with Crippen molar-refractivity contribution in [3.8, 4) is 0 Å². The average Bonchev–Trinajstić information content (AvgIpc) is 2.76. The molecule has 0 spiro atoms. The highest BCUT2D eigenvalue weighted by Crippen LogP contribution is 2.18. The van der Waals surface area contributed by atoms with Crippen molar-refractivity contribution in [2.75, 3.05) is 11.5 Å². The number of nitrogens with zero attached hydrogens (tertiary/aromatic N) is 2. The molecule has 2 N–H and O–H groups in total. The lowest BCUT2D eigenvalue weighted by atomic mass is 10.3. The Morgan fingerprint density at radius 1 is 1.42 bits per heavy atom. The van der Waals surface area contributed by atoms with Crippen LogP contribution < -0.4 is 5.73 Å². The second kappa shape index (κ2) is 5.00. The van der Waals surface area contributed by atoms with Crippen molar-refractivity contribution < 1.29 is 12.8 Å². The molecule has 0 aliphatic heterocycles. The molecule has 1 heterocycles. The van der Waals surface area contributed by atoms with Crippen molar-refractivity contribution in [1.29, 1.82) is 0 Å². The van der Waals surface area contributed by atoms with E-state index in [9.17, 15) is 12.8 Å². The zero-order chi connectivity index (χ0) is 14.0. The van der Waals surface area contributed by atoms with E-state index >= 15 is 0 Å². The van der Waals surface area contributed by atoms with E-state index in [4.69, 9.17) is 5.73 Å². The Hall–Kier alpha value is -1.89. The lowest BCUT2D eigenvalue weighted by Crippen LogP contribution is -2.12. The Balaban J connectivity index is 2.18. The van der Waals surface area contributed by atoms with E-state index in [2.05, 4.69) is 4.98 Å². The molecule has 5 nitrogen and oxygen atoms in total. The summed E-state index contributed by atoms with van der Waals surface area (Å²) in [7, 11) is -1.75. The standard InChI is InChI=1S/C12H14FN3O2S/c1-16-6-5-15-12(16)4-7-19(17,18)9-2-3-11(14)10(13)8-9/h2-3,5-6,8H,4,7,14H2,1H3. The summed E-state index contributed by atoms with van der Waals surface area (Å²) in [5, 5.41) is 0. The SMILES string of the molecule is Cn1ccnc1CCS(=O)(=O)c1ccc(N)c(F)c1. The van der Waals surface area contributed by atoms with Crippen LogP contribution in [0.2, 0.25) is 0 Å². The fourth-order valence-corrected chi connectivity index (χ4v) is 2.93. The molecule has 2 aromatic rings. The van der Waals surface area contributed by atoms with E-state index in [1.54, 1.807) is 24.0 Å². The van der Waals surface area contributed by atoms with Gasteiger partial charge in [0, 0.05) is 25.9 Å². The minimum atomic E-state index is -3.54. The third-order valence-corrected chi connectivity index (χ3v) is 4.56. The summed E-state index contributed by atoms with van der Waals surface area (Å²) >= 11 is 0. The molecule has 0 aliphatic rings. The van der Waals surface area contributed by atoms with E-state index in [-0.39, 0.29) is 22.8 Å². The molecule has 19 heavy (non-hydrogen) atoms. The number of anilines is 1. The van der Waals surface area contributed by atoms with Gasteiger partial charge in [0.05, 0.1) is 16.3 Å². The zero-order valence-corrected chi connectivity index (χ0v) is 11.2. The number of rotatable bonds is 4. The zero-order valence-electron chi connectivity index (χ0n) is 10.4. The molecular weight excluding hydrogens is 269 g/mol. The van der Waals surface area contributed by atoms with Crippen LogP contribution in [0.4, 0.5) is 10.1 Å². The van der Waals surface area contributed by atoms with Crippen LogP contribution in [0.15, 0.2) is 35.5 Å². The summed E-state index contributed by atoms with van der Waals surface area (Å²) in [4.78, 5) is 3.99. The summed E-state index contributed by atoms with van der Waals surface area (Å²) in [6, 6.07) is 3.51. The molecule has 0 saturated carbocycles. The summed E-state index contributed by atoms with van der Waals surface area (Å²) in [6.45, 7) is 0. The van der Waals surface area contributed by atoms with Crippen molar-refractivity contribution >= 4 is 15.5 Å². The highest BCUT2D eigenvalue weighted by Gasteiger charge is 2.17. The quantitative estimate of drug-likeness (QED) is 0.854. The van der Waals surface area contributed by atoms with Gasteiger partial charge in [0.15, 0.2) is 9.84 Å². The topological polar surface area (TPSA) is 78.0 Å². The van der Waals surface area contributed by atoms with E-state index < -0.39 is 15.7 Å². The Kier molecular flexibility index (Phi) is 3.57. The van der Waals surface area contributed by atoms with E-state index in [1.165, 1.54) is 12.1 Å². The van der Waals surface area contributed by atoms with Gasteiger partial charge >= 0.3 is 0 Å². The van der Waals surface area contributed by atoms with Crippen LogP contribution in [0.3, 0.4) is 0 Å². The van der Waals surface area contributed by atoms with Gasteiger partial charge in [0.2, 0.25) is 0 Å². The fourth-order valence-electron chi connectivity index (χ4n) is 1.68. The number of sulfone groups is 1. The third kappa shape index (κ3) is 2.93. The van der Waals surface area contributed by atoms with Gasteiger partial charge in [-0.3, -0.25) is 0 Å². The van der Waals surface area contributed by atoms with Crippen LogP contribution >= 0.6 is 0 Å². The molecule has 2 rings (SSSR count). The second-order valence-corrected chi connectivity index (χ2v) is 6.32. The second-order valence-electron chi connectivity index (χ2n) is 4.21. The predicted octanol–water partition coefficient (Wildman–Crippen LogP) is 1.16. The van der Waals surface area contributed by atoms with Crippen LogP contribution in [-0.4, -0.2) is 23.7 Å². The van der Waals surface area contributed by atoms with Crippen molar-refractivity contribution in [3.63, 3.8) is 0 Å². The lowest BCUT2D eigenvalue weighted by Gasteiger charge is -2.06. The highest BCUT2D eigenvalue weighted by molar-refractivity contribution is 7.91. The minimum absolute atomic E-state index is 0.0617. The van der Waals surface area contributed by atoms with Gasteiger partial charge in [-0.25, -0.2) is 17.8 Å². The third-order valence-electron chi connectivity index (χ3n) is 2.85. The van der Waals surface area contributed by atoms with E-state index in [0.29, 0.717) is 5.82 Å². The van der Waals surface area contributed by atoms with E-state index in [0.717, 1.165) is 6.07 Å². The number of hydrogen-bond acceptors (Lipinski definition) is 4. The first-order valence-electron chi connectivity index (χ1n) is 5.64. The maximum absolute atomic E-state index is 13.3.